The number of methoxy groups -OCH3 is 1. The highest BCUT2D eigenvalue weighted by atomic mass is 16.5. The van der Waals surface area contributed by atoms with Gasteiger partial charge in [0.2, 0.25) is 0 Å². The van der Waals surface area contributed by atoms with Crippen LogP contribution >= 0.6 is 0 Å². The summed E-state index contributed by atoms with van der Waals surface area (Å²) in [6.07, 6.45) is 4.18. The quantitative estimate of drug-likeness (QED) is 0.581. The molecule has 0 radical (unpaired) electrons. The maximum atomic E-state index is 11.0. The second-order valence-corrected chi connectivity index (χ2v) is 3.41. The summed E-state index contributed by atoms with van der Waals surface area (Å²) in [5.74, 6) is -0.0891. The number of hydrogen-bond donors (Lipinski definition) is 0. The number of likely N-dealkylation sites (tertiary alicyclic amines) is 1. The van der Waals surface area contributed by atoms with Crippen molar-refractivity contribution in [1.29, 1.82) is 0 Å². The van der Waals surface area contributed by atoms with Gasteiger partial charge in [-0.3, -0.25) is 4.79 Å². The van der Waals surface area contributed by atoms with E-state index in [-0.39, 0.29) is 5.97 Å². The van der Waals surface area contributed by atoms with Gasteiger partial charge in [0, 0.05) is 6.04 Å². The molecule has 1 aliphatic rings. The topological polar surface area (TPSA) is 29.5 Å². The Bertz CT molecular complexity index is 159. The molecule has 0 saturated carbocycles. The second kappa shape index (κ2) is 4.45. The van der Waals surface area contributed by atoms with Crippen LogP contribution in [0.4, 0.5) is 0 Å². The maximum Gasteiger partial charge on any atom is 0.307 e. The lowest BCUT2D eigenvalue weighted by Gasteiger charge is -2.31. The normalized spacial score (nSPS) is 25.3. The summed E-state index contributed by atoms with van der Waals surface area (Å²) >= 11 is 0. The molecule has 70 valence electrons. The van der Waals surface area contributed by atoms with Gasteiger partial charge in [-0.2, -0.15) is 0 Å². The number of rotatable bonds is 2. The number of hydrogen-bond acceptors (Lipinski definition) is 3. The van der Waals surface area contributed by atoms with Gasteiger partial charge in [0.25, 0.3) is 0 Å². The monoisotopic (exact) mass is 171 g/mol. The fourth-order valence-electron chi connectivity index (χ4n) is 1.68. The van der Waals surface area contributed by atoms with Crippen LogP contribution < -0.4 is 0 Å². The van der Waals surface area contributed by atoms with Gasteiger partial charge in [-0.1, -0.05) is 6.42 Å². The molecule has 1 aliphatic heterocycles. The molecule has 1 saturated heterocycles. The number of ether oxygens (including phenoxy) is 1. The smallest absolute Gasteiger partial charge is 0.307 e. The number of nitrogens with zero attached hydrogens (tertiary/aromatic N) is 1. The second-order valence-electron chi connectivity index (χ2n) is 3.41. The van der Waals surface area contributed by atoms with Crippen LogP contribution in [0.15, 0.2) is 0 Å². The molecular weight excluding hydrogens is 154 g/mol. The summed E-state index contributed by atoms with van der Waals surface area (Å²) in [5, 5.41) is 0. The highest BCUT2D eigenvalue weighted by molar-refractivity contribution is 5.69. The first-order valence-corrected chi connectivity index (χ1v) is 4.51. The minimum atomic E-state index is -0.0891. The van der Waals surface area contributed by atoms with E-state index in [4.69, 9.17) is 0 Å². The summed E-state index contributed by atoms with van der Waals surface area (Å²) in [6, 6.07) is 0.409. The highest BCUT2D eigenvalue weighted by Crippen LogP contribution is 2.17. The van der Waals surface area contributed by atoms with Crippen molar-refractivity contribution in [3.8, 4) is 0 Å². The van der Waals surface area contributed by atoms with Crippen LogP contribution in [0.2, 0.25) is 0 Å². The van der Waals surface area contributed by atoms with Crippen molar-refractivity contribution in [3.05, 3.63) is 0 Å². The minimum absolute atomic E-state index is 0.0891. The molecule has 0 aromatic rings. The minimum Gasteiger partial charge on any atom is -0.469 e. The summed E-state index contributed by atoms with van der Waals surface area (Å²) in [4.78, 5) is 13.2. The summed E-state index contributed by atoms with van der Waals surface area (Å²) in [7, 11) is 3.53. The van der Waals surface area contributed by atoms with Crippen LogP contribution in [0.1, 0.15) is 25.7 Å². The van der Waals surface area contributed by atoms with E-state index >= 15 is 0 Å². The van der Waals surface area contributed by atoms with Crippen LogP contribution in [-0.2, 0) is 9.53 Å². The average Bonchev–Trinajstić information content (AvgIpc) is 2.09. The molecule has 0 aliphatic carbocycles. The first-order valence-electron chi connectivity index (χ1n) is 4.51. The number of esters is 1. The van der Waals surface area contributed by atoms with Gasteiger partial charge in [0.05, 0.1) is 13.5 Å². The van der Waals surface area contributed by atoms with Crippen molar-refractivity contribution in [2.75, 3.05) is 20.7 Å². The Balaban J connectivity index is 2.33. The number of piperidine rings is 1. The van der Waals surface area contributed by atoms with Crippen molar-refractivity contribution in [3.63, 3.8) is 0 Å². The lowest BCUT2D eigenvalue weighted by molar-refractivity contribution is -0.142. The van der Waals surface area contributed by atoms with Crippen LogP contribution in [0.25, 0.3) is 0 Å². The van der Waals surface area contributed by atoms with Gasteiger partial charge in [0.15, 0.2) is 0 Å². The third kappa shape index (κ3) is 2.48. The fourth-order valence-corrected chi connectivity index (χ4v) is 1.68. The summed E-state index contributed by atoms with van der Waals surface area (Å²) in [6.45, 7) is 1.11. The van der Waals surface area contributed by atoms with Crippen LogP contribution in [0.3, 0.4) is 0 Å². The molecule has 1 atom stereocenters. The zero-order valence-electron chi connectivity index (χ0n) is 7.88. The Hall–Kier alpha value is -0.570. The van der Waals surface area contributed by atoms with Gasteiger partial charge in [-0.05, 0) is 26.4 Å². The van der Waals surface area contributed by atoms with Crippen molar-refractivity contribution >= 4 is 5.97 Å². The molecule has 12 heavy (non-hydrogen) atoms. The number of carbonyl (C=O) groups excluding carboxylic acids is 1. The SMILES string of the molecule is COC(=O)CC1CCCCN1C. The lowest BCUT2D eigenvalue weighted by Crippen LogP contribution is -2.37. The molecule has 0 spiro atoms. The van der Waals surface area contributed by atoms with E-state index in [2.05, 4.69) is 16.7 Å². The van der Waals surface area contributed by atoms with E-state index < -0.39 is 0 Å². The molecule has 0 aromatic carbocycles. The van der Waals surface area contributed by atoms with Crippen molar-refractivity contribution in [2.24, 2.45) is 0 Å². The predicted octanol–water partition coefficient (Wildman–Crippen LogP) is 1.03. The average molecular weight is 171 g/mol. The first kappa shape index (κ1) is 9.52. The molecular formula is C9H17NO2. The molecule has 3 nitrogen and oxygen atoms in total. The molecule has 0 amide bonds. The summed E-state index contributed by atoms with van der Waals surface area (Å²) < 4.78 is 4.64. The number of carbonyl (C=O) groups is 1. The Morgan fingerprint density at radius 1 is 1.58 bits per heavy atom. The van der Waals surface area contributed by atoms with Gasteiger partial charge in [-0.15, -0.1) is 0 Å². The highest BCUT2D eigenvalue weighted by Gasteiger charge is 2.21. The molecule has 1 rings (SSSR count). The summed E-state index contributed by atoms with van der Waals surface area (Å²) in [5.41, 5.74) is 0. The Morgan fingerprint density at radius 2 is 2.33 bits per heavy atom. The molecule has 3 heteroatoms. The van der Waals surface area contributed by atoms with E-state index in [1.54, 1.807) is 0 Å². The standard InChI is InChI=1S/C9H17NO2/c1-10-6-4-3-5-8(10)7-9(11)12-2/h8H,3-7H2,1-2H3. The maximum absolute atomic E-state index is 11.0. The largest absolute Gasteiger partial charge is 0.469 e. The molecule has 0 N–H and O–H groups in total. The van der Waals surface area contributed by atoms with E-state index in [1.165, 1.54) is 20.0 Å². The zero-order valence-corrected chi connectivity index (χ0v) is 7.88. The fraction of sp³-hybridized carbons (Fsp3) is 0.889. The van der Waals surface area contributed by atoms with E-state index in [1.807, 2.05) is 0 Å². The van der Waals surface area contributed by atoms with Gasteiger partial charge < -0.3 is 9.64 Å². The van der Waals surface area contributed by atoms with Gasteiger partial charge >= 0.3 is 5.97 Å². The van der Waals surface area contributed by atoms with Gasteiger partial charge in [0.1, 0.15) is 0 Å². The van der Waals surface area contributed by atoms with Crippen LogP contribution in [0.5, 0.6) is 0 Å². The molecule has 1 heterocycles. The van der Waals surface area contributed by atoms with E-state index in [0.29, 0.717) is 12.5 Å². The van der Waals surface area contributed by atoms with Crippen molar-refractivity contribution in [2.45, 2.75) is 31.7 Å². The third-order valence-corrected chi connectivity index (χ3v) is 2.55. The van der Waals surface area contributed by atoms with Crippen molar-refractivity contribution in [1.82, 2.24) is 4.90 Å². The Morgan fingerprint density at radius 3 is 2.92 bits per heavy atom. The molecule has 0 aromatic heterocycles. The molecule has 0 bridgehead atoms. The molecule has 1 fully saturated rings. The van der Waals surface area contributed by atoms with E-state index in [9.17, 15) is 4.79 Å². The molecule has 1 unspecified atom stereocenters. The first-order chi connectivity index (χ1) is 5.74. The zero-order chi connectivity index (χ0) is 8.97. The van der Waals surface area contributed by atoms with Crippen LogP contribution in [-0.4, -0.2) is 37.6 Å². The lowest BCUT2D eigenvalue weighted by atomic mass is 10.0. The Labute approximate surface area is 73.7 Å². The van der Waals surface area contributed by atoms with Gasteiger partial charge in [-0.25, -0.2) is 0 Å². The third-order valence-electron chi connectivity index (χ3n) is 2.55. The predicted molar refractivity (Wildman–Crippen MR) is 46.9 cm³/mol. The Kier molecular flexibility index (Phi) is 3.53. The van der Waals surface area contributed by atoms with Crippen molar-refractivity contribution < 1.29 is 9.53 Å². The van der Waals surface area contributed by atoms with E-state index in [0.717, 1.165) is 13.0 Å². The van der Waals surface area contributed by atoms with Crippen LogP contribution in [0, 0.1) is 0 Å².